The van der Waals surface area contributed by atoms with Crippen molar-refractivity contribution < 1.29 is 4.74 Å². The molecule has 1 aromatic rings. The van der Waals surface area contributed by atoms with Crippen molar-refractivity contribution in [3.8, 4) is 5.75 Å². The highest BCUT2D eigenvalue weighted by Crippen LogP contribution is 2.17. The number of methoxy groups -OCH3 is 1. The molecule has 0 aliphatic rings. The normalized spacial score (nSPS) is 9.64. The Balaban J connectivity index is 2.83. The fraction of sp³-hybridized carbons (Fsp3) is 0.333. The number of rotatable bonds is 3. The molecule has 0 spiro atoms. The Hall–Kier alpha value is -0.250. The summed E-state index contributed by atoms with van der Waals surface area (Å²) in [5, 5.41) is 0. The Labute approximate surface area is 80.9 Å². The van der Waals surface area contributed by atoms with Crippen LogP contribution in [0.1, 0.15) is 5.56 Å². The summed E-state index contributed by atoms with van der Waals surface area (Å²) < 4.78 is 6.33. The average molecular weight is 262 g/mol. The minimum absolute atomic E-state index is 1.00. The smallest absolute Gasteiger partial charge is 0.122 e. The van der Waals surface area contributed by atoms with Gasteiger partial charge in [0.2, 0.25) is 0 Å². The highest BCUT2D eigenvalue weighted by atomic mass is 127. The summed E-state index contributed by atoms with van der Waals surface area (Å²) in [6, 6.07) is 8.15. The number of ether oxygens (including phenoxy) is 1. The van der Waals surface area contributed by atoms with E-state index in [4.69, 9.17) is 4.74 Å². The maximum atomic E-state index is 5.19. The van der Waals surface area contributed by atoms with Crippen LogP contribution in [0.3, 0.4) is 0 Å². The monoisotopic (exact) mass is 262 g/mol. The number of hydrogen-bond donors (Lipinski definition) is 0. The molecular formula is C9H11IO. The minimum Gasteiger partial charge on any atom is -0.496 e. The predicted octanol–water partition coefficient (Wildman–Crippen LogP) is 2.67. The van der Waals surface area contributed by atoms with E-state index in [0.29, 0.717) is 0 Å². The molecule has 0 heterocycles. The van der Waals surface area contributed by atoms with Crippen molar-refractivity contribution in [1.82, 2.24) is 0 Å². The molecule has 0 saturated heterocycles. The lowest BCUT2D eigenvalue weighted by atomic mass is 10.1. The van der Waals surface area contributed by atoms with E-state index in [1.807, 2.05) is 18.2 Å². The van der Waals surface area contributed by atoms with Gasteiger partial charge in [0.05, 0.1) is 7.11 Å². The van der Waals surface area contributed by atoms with Crippen molar-refractivity contribution in [2.45, 2.75) is 6.42 Å². The van der Waals surface area contributed by atoms with Gasteiger partial charge < -0.3 is 4.74 Å². The lowest BCUT2D eigenvalue weighted by Gasteiger charge is -2.05. The van der Waals surface area contributed by atoms with Crippen LogP contribution in [0, 0.1) is 0 Å². The maximum Gasteiger partial charge on any atom is 0.122 e. The van der Waals surface area contributed by atoms with Gasteiger partial charge in [-0.25, -0.2) is 0 Å². The van der Waals surface area contributed by atoms with Crippen molar-refractivity contribution >= 4 is 22.6 Å². The number of halogens is 1. The Morgan fingerprint density at radius 1 is 1.36 bits per heavy atom. The number of hydrogen-bond acceptors (Lipinski definition) is 1. The van der Waals surface area contributed by atoms with Gasteiger partial charge in [-0.15, -0.1) is 0 Å². The van der Waals surface area contributed by atoms with Crippen molar-refractivity contribution in [1.29, 1.82) is 0 Å². The molecule has 0 aromatic heterocycles. The van der Waals surface area contributed by atoms with E-state index in [-0.39, 0.29) is 0 Å². The molecule has 1 aromatic carbocycles. The highest BCUT2D eigenvalue weighted by molar-refractivity contribution is 14.1. The third kappa shape index (κ3) is 2.36. The van der Waals surface area contributed by atoms with Gasteiger partial charge in [0.1, 0.15) is 5.75 Å². The van der Waals surface area contributed by atoms with Crippen molar-refractivity contribution in [3.63, 3.8) is 0 Å². The molecule has 0 atom stereocenters. The van der Waals surface area contributed by atoms with Crippen LogP contribution >= 0.6 is 22.6 Å². The van der Waals surface area contributed by atoms with Gasteiger partial charge in [-0.05, 0) is 18.1 Å². The van der Waals surface area contributed by atoms with Crippen LogP contribution in [0.25, 0.3) is 0 Å². The first-order valence-electron chi connectivity index (χ1n) is 3.56. The van der Waals surface area contributed by atoms with Gasteiger partial charge in [-0.2, -0.15) is 0 Å². The Bertz CT molecular complexity index is 223. The largest absolute Gasteiger partial charge is 0.496 e. The highest BCUT2D eigenvalue weighted by Gasteiger charge is 1.98. The molecule has 1 nitrogen and oxygen atoms in total. The van der Waals surface area contributed by atoms with Crippen LogP contribution in [-0.4, -0.2) is 11.5 Å². The van der Waals surface area contributed by atoms with Crippen LogP contribution in [0.4, 0.5) is 0 Å². The molecular weight excluding hydrogens is 251 g/mol. The first kappa shape index (κ1) is 8.84. The third-order valence-electron chi connectivity index (χ3n) is 1.56. The standard InChI is InChI=1S/C9H11IO/c1-11-9-5-3-2-4-8(9)6-7-10/h2-5H,6-7H2,1H3. The van der Waals surface area contributed by atoms with Gasteiger partial charge in [0.25, 0.3) is 0 Å². The summed E-state index contributed by atoms with van der Waals surface area (Å²) in [6.07, 6.45) is 1.09. The van der Waals surface area contributed by atoms with Crippen LogP contribution in [0.5, 0.6) is 5.75 Å². The molecule has 0 radical (unpaired) electrons. The number of para-hydroxylation sites is 1. The molecule has 0 aliphatic carbocycles. The van der Waals surface area contributed by atoms with E-state index in [1.165, 1.54) is 5.56 Å². The van der Waals surface area contributed by atoms with Crippen molar-refractivity contribution in [3.05, 3.63) is 29.8 Å². The second-order valence-corrected chi connectivity index (χ2v) is 3.33. The molecule has 60 valence electrons. The third-order valence-corrected chi connectivity index (χ3v) is 2.10. The van der Waals surface area contributed by atoms with E-state index >= 15 is 0 Å². The van der Waals surface area contributed by atoms with Gasteiger partial charge in [0, 0.05) is 4.43 Å². The predicted molar refractivity (Wildman–Crippen MR) is 55.6 cm³/mol. The lowest BCUT2D eigenvalue weighted by molar-refractivity contribution is 0.410. The van der Waals surface area contributed by atoms with E-state index < -0.39 is 0 Å². The molecule has 1 rings (SSSR count). The molecule has 0 fully saturated rings. The summed E-state index contributed by atoms with van der Waals surface area (Å²) >= 11 is 2.37. The fourth-order valence-electron chi connectivity index (χ4n) is 1.01. The summed E-state index contributed by atoms with van der Waals surface area (Å²) in [5.74, 6) is 1.00. The summed E-state index contributed by atoms with van der Waals surface area (Å²) in [4.78, 5) is 0. The minimum atomic E-state index is 1.00. The summed E-state index contributed by atoms with van der Waals surface area (Å²) in [7, 11) is 1.71. The molecule has 0 unspecified atom stereocenters. The molecule has 11 heavy (non-hydrogen) atoms. The number of aryl methyl sites for hydroxylation is 1. The molecule has 0 amide bonds. The first-order valence-corrected chi connectivity index (χ1v) is 5.09. The molecule has 0 saturated carbocycles. The van der Waals surface area contributed by atoms with Gasteiger partial charge in [-0.1, -0.05) is 40.8 Å². The molecule has 0 bridgehead atoms. The van der Waals surface area contributed by atoms with E-state index in [9.17, 15) is 0 Å². The zero-order chi connectivity index (χ0) is 8.10. The molecule has 0 N–H and O–H groups in total. The van der Waals surface area contributed by atoms with Crippen LogP contribution < -0.4 is 4.74 Å². The molecule has 0 aliphatic heterocycles. The van der Waals surface area contributed by atoms with Crippen LogP contribution in [-0.2, 0) is 6.42 Å². The number of benzene rings is 1. The van der Waals surface area contributed by atoms with Crippen molar-refractivity contribution in [2.24, 2.45) is 0 Å². The van der Waals surface area contributed by atoms with Gasteiger partial charge in [-0.3, -0.25) is 0 Å². The summed E-state index contributed by atoms with van der Waals surface area (Å²) in [5.41, 5.74) is 1.30. The average Bonchev–Trinajstić information content (AvgIpc) is 2.06. The van der Waals surface area contributed by atoms with Gasteiger partial charge in [0.15, 0.2) is 0 Å². The Kier molecular flexibility index (Phi) is 3.69. The van der Waals surface area contributed by atoms with E-state index in [2.05, 4.69) is 28.7 Å². The maximum absolute atomic E-state index is 5.19. The fourth-order valence-corrected chi connectivity index (χ4v) is 1.59. The van der Waals surface area contributed by atoms with E-state index in [1.54, 1.807) is 7.11 Å². The second-order valence-electron chi connectivity index (χ2n) is 2.25. The van der Waals surface area contributed by atoms with Gasteiger partial charge >= 0.3 is 0 Å². The Morgan fingerprint density at radius 3 is 2.73 bits per heavy atom. The lowest BCUT2D eigenvalue weighted by Crippen LogP contribution is -1.91. The molecule has 2 heteroatoms. The SMILES string of the molecule is COc1ccccc1CCI. The Morgan fingerprint density at radius 2 is 2.09 bits per heavy atom. The summed E-state index contributed by atoms with van der Waals surface area (Å²) in [6.45, 7) is 0. The quantitative estimate of drug-likeness (QED) is 0.601. The zero-order valence-corrected chi connectivity index (χ0v) is 8.67. The first-order chi connectivity index (χ1) is 5.38. The topological polar surface area (TPSA) is 9.23 Å². The van der Waals surface area contributed by atoms with Crippen molar-refractivity contribution in [2.75, 3.05) is 11.5 Å². The number of alkyl halides is 1. The van der Waals surface area contributed by atoms with Crippen LogP contribution in [0.15, 0.2) is 24.3 Å². The second kappa shape index (κ2) is 4.59. The van der Waals surface area contributed by atoms with Crippen LogP contribution in [0.2, 0.25) is 0 Å². The van der Waals surface area contributed by atoms with E-state index in [0.717, 1.165) is 16.6 Å². The zero-order valence-electron chi connectivity index (χ0n) is 6.51.